The fourth-order valence-electron chi connectivity index (χ4n) is 6.38. The maximum absolute atomic E-state index is 13.6. The average Bonchev–Trinajstić information content (AvgIpc) is 3.26. The molecule has 0 radical (unpaired) electrons. The van der Waals surface area contributed by atoms with Crippen LogP contribution in [0.1, 0.15) is 30.0 Å². The van der Waals surface area contributed by atoms with Crippen molar-refractivity contribution in [3.05, 3.63) is 65.2 Å². The van der Waals surface area contributed by atoms with Crippen molar-refractivity contribution in [3.8, 4) is 0 Å². The van der Waals surface area contributed by atoms with Crippen LogP contribution in [0.15, 0.2) is 48.5 Å². The number of aliphatic hydroxyl groups excluding tert-OH is 1. The second-order valence-corrected chi connectivity index (χ2v) is 14.4. The van der Waals surface area contributed by atoms with Crippen molar-refractivity contribution >= 4 is 25.8 Å². The molecular weight excluding hydrogens is 448 g/mol. The quantitative estimate of drug-likeness (QED) is 0.585. The fraction of sp³-hybridized carbons (Fsp3) is 0.462. The van der Waals surface area contributed by atoms with E-state index in [0.29, 0.717) is 13.0 Å². The van der Waals surface area contributed by atoms with Gasteiger partial charge in [0.25, 0.3) is 5.91 Å². The van der Waals surface area contributed by atoms with E-state index in [4.69, 9.17) is 4.74 Å². The molecule has 3 aliphatic rings. The lowest BCUT2D eigenvalue weighted by Gasteiger charge is -2.37. The molecule has 3 N–H and O–H groups in total. The average molecular weight is 481 g/mol. The number of nitrogens with zero attached hydrogens (tertiary/aromatic N) is 1. The molecule has 2 aromatic rings. The van der Waals surface area contributed by atoms with Crippen LogP contribution in [-0.2, 0) is 32.9 Å². The molecule has 0 unspecified atom stereocenters. The number of ether oxygens (including phenoxy) is 1. The van der Waals surface area contributed by atoms with E-state index in [0.717, 1.165) is 22.4 Å². The predicted molar refractivity (Wildman–Crippen MR) is 130 cm³/mol. The van der Waals surface area contributed by atoms with Crippen LogP contribution in [0, 0.1) is 5.92 Å². The second-order valence-electron chi connectivity index (χ2n) is 10.4. The van der Waals surface area contributed by atoms with Crippen LogP contribution in [-0.4, -0.2) is 53.7 Å². The van der Waals surface area contributed by atoms with Crippen LogP contribution < -0.4 is 5.32 Å². The topological polar surface area (TPSA) is 99.1 Å². The molecular formula is C26H32N2O5Si. The van der Waals surface area contributed by atoms with Gasteiger partial charge in [0.2, 0.25) is 5.91 Å². The minimum atomic E-state index is -2.82. The number of benzene rings is 2. The number of carbonyl (C=O) groups is 2. The molecule has 0 aliphatic carbocycles. The molecule has 34 heavy (non-hydrogen) atoms. The third kappa shape index (κ3) is 3.51. The molecule has 7 nitrogen and oxygen atoms in total. The van der Waals surface area contributed by atoms with Crippen molar-refractivity contribution in [1.29, 1.82) is 0 Å². The first-order chi connectivity index (χ1) is 16.2. The van der Waals surface area contributed by atoms with Crippen molar-refractivity contribution in [2.45, 2.75) is 62.7 Å². The first-order valence-electron chi connectivity index (χ1n) is 11.9. The maximum Gasteiger partial charge on any atom is 0.261 e. The summed E-state index contributed by atoms with van der Waals surface area (Å²) in [6, 6.07) is 15.2. The molecule has 0 saturated carbocycles. The SMILES string of the molecule is C[C@H]1[C@H]([Si](C)(C)O)[C@@H](CC(=O)N2Cc3ccccc3C[C@H]2CO)O[C@]12C(=O)Nc1ccccc12. The van der Waals surface area contributed by atoms with Crippen molar-refractivity contribution in [2.24, 2.45) is 5.92 Å². The van der Waals surface area contributed by atoms with Gasteiger partial charge in [0.1, 0.15) is 0 Å². The zero-order chi connectivity index (χ0) is 24.3. The summed E-state index contributed by atoms with van der Waals surface area (Å²) in [6.45, 7) is 5.96. The highest BCUT2D eigenvalue weighted by atomic mass is 28.4. The number of rotatable bonds is 4. The van der Waals surface area contributed by atoms with Crippen LogP contribution in [0.25, 0.3) is 0 Å². The van der Waals surface area contributed by atoms with E-state index >= 15 is 0 Å². The van der Waals surface area contributed by atoms with Gasteiger partial charge in [-0.2, -0.15) is 0 Å². The molecule has 2 amide bonds. The molecule has 0 aromatic heterocycles. The van der Waals surface area contributed by atoms with Crippen LogP contribution in [0.3, 0.4) is 0 Å². The van der Waals surface area contributed by atoms with E-state index in [9.17, 15) is 19.5 Å². The molecule has 0 bridgehead atoms. The minimum absolute atomic E-state index is 0.0574. The lowest BCUT2D eigenvalue weighted by Crippen LogP contribution is -2.48. The van der Waals surface area contributed by atoms with Gasteiger partial charge in [0, 0.05) is 29.3 Å². The van der Waals surface area contributed by atoms with Gasteiger partial charge in [0.15, 0.2) is 13.9 Å². The van der Waals surface area contributed by atoms with E-state index in [1.165, 1.54) is 0 Å². The Hall–Kier alpha value is -2.52. The predicted octanol–water partition coefficient (Wildman–Crippen LogP) is 2.77. The highest BCUT2D eigenvalue weighted by Gasteiger charge is 2.64. The summed E-state index contributed by atoms with van der Waals surface area (Å²) in [7, 11) is -2.82. The molecule has 3 aliphatic heterocycles. The van der Waals surface area contributed by atoms with Crippen LogP contribution >= 0.6 is 0 Å². The number of carbonyl (C=O) groups excluding carboxylic acids is 2. The smallest absolute Gasteiger partial charge is 0.261 e. The van der Waals surface area contributed by atoms with E-state index < -0.39 is 20.0 Å². The number of hydrogen-bond acceptors (Lipinski definition) is 5. The molecule has 8 heteroatoms. The van der Waals surface area contributed by atoms with Gasteiger partial charge >= 0.3 is 0 Å². The van der Waals surface area contributed by atoms with Crippen molar-refractivity contribution in [1.82, 2.24) is 4.90 Å². The summed E-state index contributed by atoms with van der Waals surface area (Å²) in [6.07, 6.45) is 0.0635. The number of hydrogen-bond donors (Lipinski definition) is 3. The Kier molecular flexibility index (Phi) is 5.67. The number of fused-ring (bicyclic) bond motifs is 3. The highest BCUT2D eigenvalue weighted by molar-refractivity contribution is 6.71. The molecule has 5 atom stereocenters. The lowest BCUT2D eigenvalue weighted by molar-refractivity contribution is -0.149. The third-order valence-electron chi connectivity index (χ3n) is 7.91. The molecule has 5 rings (SSSR count). The van der Waals surface area contributed by atoms with E-state index in [2.05, 4.69) is 5.32 Å². The molecule has 1 spiro atoms. The molecule has 1 saturated heterocycles. The van der Waals surface area contributed by atoms with Gasteiger partial charge in [-0.05, 0) is 36.7 Å². The molecule has 2 aromatic carbocycles. The molecule has 180 valence electrons. The highest BCUT2D eigenvalue weighted by Crippen LogP contribution is 2.58. The van der Waals surface area contributed by atoms with E-state index in [1.807, 2.05) is 68.5 Å². The standard InChI is InChI=1S/C26H32N2O5Si/c1-16-24(34(2,3)32)22(33-26(16)20-10-6-7-11-21(20)27-25(26)31)13-23(30)28-14-18-9-5-4-8-17(18)12-19(28)15-29/h4-11,16,19,22,24,29,32H,12-15H2,1-3H3,(H,27,31)/t16-,19-,22+,24-,26+/m0/s1. The normalized spacial score (nSPS) is 30.3. The van der Waals surface area contributed by atoms with E-state index in [-0.39, 0.29) is 42.3 Å². The van der Waals surface area contributed by atoms with Gasteiger partial charge in [-0.1, -0.05) is 49.4 Å². The number of para-hydroxylation sites is 1. The minimum Gasteiger partial charge on any atom is -0.432 e. The van der Waals surface area contributed by atoms with Gasteiger partial charge in [0.05, 0.1) is 25.2 Å². The number of aliphatic hydroxyl groups is 1. The van der Waals surface area contributed by atoms with Gasteiger partial charge in [-0.25, -0.2) is 0 Å². The Labute approximate surface area is 200 Å². The van der Waals surface area contributed by atoms with Gasteiger partial charge in [-0.3, -0.25) is 9.59 Å². The maximum atomic E-state index is 13.6. The zero-order valence-electron chi connectivity index (χ0n) is 19.8. The van der Waals surface area contributed by atoms with Crippen molar-refractivity contribution in [2.75, 3.05) is 11.9 Å². The van der Waals surface area contributed by atoms with Crippen molar-refractivity contribution < 1.29 is 24.2 Å². The number of amides is 2. The summed E-state index contributed by atoms with van der Waals surface area (Å²) in [4.78, 5) is 39.9. The Morgan fingerprint density at radius 1 is 1.18 bits per heavy atom. The molecule has 1 fully saturated rings. The summed E-state index contributed by atoms with van der Waals surface area (Å²) in [5, 5.41) is 13.0. The van der Waals surface area contributed by atoms with Crippen LogP contribution in [0.4, 0.5) is 5.69 Å². The summed E-state index contributed by atoms with van der Waals surface area (Å²) >= 11 is 0. The Morgan fingerprint density at radius 2 is 1.85 bits per heavy atom. The van der Waals surface area contributed by atoms with Crippen LogP contribution in [0.5, 0.6) is 0 Å². The third-order valence-corrected chi connectivity index (χ3v) is 10.4. The van der Waals surface area contributed by atoms with Gasteiger partial charge < -0.3 is 24.9 Å². The summed E-state index contributed by atoms with van der Waals surface area (Å²) < 4.78 is 6.55. The summed E-state index contributed by atoms with van der Waals surface area (Å²) in [5.74, 6) is -0.659. The van der Waals surface area contributed by atoms with Crippen LogP contribution in [0.2, 0.25) is 18.6 Å². The Morgan fingerprint density at radius 3 is 2.56 bits per heavy atom. The fourth-order valence-corrected chi connectivity index (χ4v) is 8.94. The van der Waals surface area contributed by atoms with E-state index in [1.54, 1.807) is 4.90 Å². The first-order valence-corrected chi connectivity index (χ1v) is 15.0. The molecule has 3 heterocycles. The monoisotopic (exact) mass is 480 g/mol. The second kappa shape index (κ2) is 8.30. The Balaban J connectivity index is 1.46. The number of nitrogens with one attached hydrogen (secondary N) is 1. The first kappa shape index (κ1) is 23.2. The lowest BCUT2D eigenvalue weighted by atomic mass is 9.82. The van der Waals surface area contributed by atoms with Crippen molar-refractivity contribution in [3.63, 3.8) is 0 Å². The zero-order valence-corrected chi connectivity index (χ0v) is 20.8. The van der Waals surface area contributed by atoms with Gasteiger partial charge in [-0.15, -0.1) is 0 Å². The number of anilines is 1. The summed E-state index contributed by atoms with van der Waals surface area (Å²) in [5.41, 5.74) is 2.19. The Bertz CT molecular complexity index is 1130. The largest absolute Gasteiger partial charge is 0.432 e.